The highest BCUT2D eigenvalue weighted by molar-refractivity contribution is 8.26. The third-order valence-electron chi connectivity index (χ3n) is 5.97. The van der Waals surface area contributed by atoms with Crippen LogP contribution in [-0.2, 0) is 11.2 Å². The predicted octanol–water partition coefficient (Wildman–Crippen LogP) is 3.79. The molecule has 2 aliphatic heterocycles. The van der Waals surface area contributed by atoms with E-state index < -0.39 is 6.04 Å². The predicted molar refractivity (Wildman–Crippen MR) is 136 cm³/mol. The van der Waals surface area contributed by atoms with E-state index in [4.69, 9.17) is 10.5 Å². The molecule has 35 heavy (non-hydrogen) atoms. The lowest BCUT2D eigenvalue weighted by Gasteiger charge is -2.38. The maximum atomic E-state index is 13.2. The van der Waals surface area contributed by atoms with E-state index >= 15 is 0 Å². The molecule has 0 aromatic heterocycles. The van der Waals surface area contributed by atoms with Crippen LogP contribution in [0.4, 0.5) is 21.9 Å². The van der Waals surface area contributed by atoms with Crippen LogP contribution in [0.5, 0.6) is 5.75 Å². The smallest absolute Gasteiger partial charge is 0.287 e. The van der Waals surface area contributed by atoms with Crippen LogP contribution in [0.3, 0.4) is 0 Å². The van der Waals surface area contributed by atoms with Gasteiger partial charge in [0.05, 0.1) is 24.5 Å². The summed E-state index contributed by atoms with van der Waals surface area (Å²) in [6.07, 6.45) is 0.442. The van der Waals surface area contributed by atoms with Gasteiger partial charge < -0.3 is 25.6 Å². The lowest BCUT2D eigenvalue weighted by Crippen LogP contribution is -2.46. The zero-order valence-electron chi connectivity index (χ0n) is 18.8. The molecule has 2 heterocycles. The standard InChI is InChI=1S/C26H24N4O4S/c27-18-8-11-23-21(15-18)24(31)29(16-30(23)19-4-2-1-3-5-19)12-13-34-20-9-6-17(7-10-20)14-22-25(32)35-26(33)28-22/h1-11,15,22H,12-14,16,27H2,(H,28,33). The Morgan fingerprint density at radius 1 is 1.00 bits per heavy atom. The minimum atomic E-state index is -0.492. The summed E-state index contributed by atoms with van der Waals surface area (Å²) in [6, 6.07) is 22.2. The number of nitrogens with zero attached hydrogens (tertiary/aromatic N) is 2. The van der Waals surface area contributed by atoms with Crippen molar-refractivity contribution in [1.82, 2.24) is 10.2 Å². The lowest BCUT2D eigenvalue weighted by molar-refractivity contribution is -0.112. The third kappa shape index (κ3) is 4.95. The number of para-hydroxylation sites is 1. The molecule has 0 spiro atoms. The summed E-state index contributed by atoms with van der Waals surface area (Å²) < 4.78 is 5.90. The molecule has 0 radical (unpaired) electrons. The molecule has 0 saturated carbocycles. The molecule has 3 aromatic carbocycles. The number of nitrogens with one attached hydrogen (secondary N) is 1. The van der Waals surface area contributed by atoms with Gasteiger partial charge in [-0.3, -0.25) is 14.4 Å². The third-order valence-corrected chi connectivity index (χ3v) is 6.76. The zero-order valence-corrected chi connectivity index (χ0v) is 19.7. The molecule has 1 atom stereocenters. The zero-order chi connectivity index (χ0) is 24.4. The van der Waals surface area contributed by atoms with Gasteiger partial charge >= 0.3 is 0 Å². The minimum Gasteiger partial charge on any atom is -0.492 e. The molecule has 0 aliphatic carbocycles. The van der Waals surface area contributed by atoms with Gasteiger partial charge in [0.25, 0.3) is 11.1 Å². The summed E-state index contributed by atoms with van der Waals surface area (Å²) in [5, 5.41) is 2.20. The van der Waals surface area contributed by atoms with Gasteiger partial charge in [-0.2, -0.15) is 0 Å². The Morgan fingerprint density at radius 3 is 2.49 bits per heavy atom. The molecule has 2 amide bonds. The number of carbonyl (C=O) groups excluding carboxylic acids is 3. The second kappa shape index (κ2) is 9.71. The number of anilines is 3. The molecule has 8 nitrogen and oxygen atoms in total. The molecule has 5 rings (SSSR count). The second-order valence-electron chi connectivity index (χ2n) is 8.35. The number of ether oxygens (including phenoxy) is 1. The number of rotatable bonds is 7. The van der Waals surface area contributed by atoms with Gasteiger partial charge in [-0.25, -0.2) is 0 Å². The van der Waals surface area contributed by atoms with E-state index in [0.29, 0.717) is 55.0 Å². The number of hydrogen-bond donors (Lipinski definition) is 2. The average Bonchev–Trinajstić information content (AvgIpc) is 3.18. The van der Waals surface area contributed by atoms with Gasteiger partial charge in [-0.15, -0.1) is 0 Å². The Bertz CT molecular complexity index is 1270. The van der Waals surface area contributed by atoms with Crippen molar-refractivity contribution in [1.29, 1.82) is 0 Å². The summed E-state index contributed by atoms with van der Waals surface area (Å²) in [5.41, 5.74) is 9.83. The number of nitrogen functional groups attached to an aromatic ring is 1. The van der Waals surface area contributed by atoms with Gasteiger partial charge in [-0.05, 0) is 48.0 Å². The van der Waals surface area contributed by atoms with Crippen LogP contribution >= 0.6 is 11.8 Å². The van der Waals surface area contributed by atoms with E-state index in [2.05, 4.69) is 10.2 Å². The Morgan fingerprint density at radius 2 is 1.77 bits per heavy atom. The normalized spacial score (nSPS) is 17.4. The maximum Gasteiger partial charge on any atom is 0.287 e. The number of thioether (sulfide) groups is 1. The molecule has 178 valence electrons. The monoisotopic (exact) mass is 488 g/mol. The molecule has 1 saturated heterocycles. The van der Waals surface area contributed by atoms with E-state index in [1.807, 2.05) is 60.7 Å². The maximum absolute atomic E-state index is 13.2. The molecule has 1 unspecified atom stereocenters. The second-order valence-corrected chi connectivity index (χ2v) is 9.33. The van der Waals surface area contributed by atoms with E-state index in [0.717, 1.165) is 16.9 Å². The highest BCUT2D eigenvalue weighted by Crippen LogP contribution is 2.34. The summed E-state index contributed by atoms with van der Waals surface area (Å²) in [7, 11) is 0. The van der Waals surface area contributed by atoms with Crippen LogP contribution in [0.15, 0.2) is 72.8 Å². The first kappa shape index (κ1) is 22.8. The van der Waals surface area contributed by atoms with Crippen LogP contribution in [-0.4, -0.2) is 47.0 Å². The van der Waals surface area contributed by atoms with Crippen molar-refractivity contribution in [3.63, 3.8) is 0 Å². The Balaban J connectivity index is 1.23. The highest BCUT2D eigenvalue weighted by Gasteiger charge is 2.31. The topological polar surface area (TPSA) is 105 Å². The first-order chi connectivity index (χ1) is 17.0. The molecule has 0 bridgehead atoms. The number of nitrogens with two attached hydrogens (primary N) is 1. The minimum absolute atomic E-state index is 0.0837. The van der Waals surface area contributed by atoms with E-state index in [1.54, 1.807) is 17.0 Å². The first-order valence-corrected chi connectivity index (χ1v) is 12.0. The van der Waals surface area contributed by atoms with Crippen LogP contribution in [0, 0.1) is 0 Å². The number of benzene rings is 3. The van der Waals surface area contributed by atoms with E-state index in [9.17, 15) is 14.4 Å². The summed E-state index contributed by atoms with van der Waals surface area (Å²) in [4.78, 5) is 40.1. The van der Waals surface area contributed by atoms with Gasteiger partial charge in [0.2, 0.25) is 5.12 Å². The van der Waals surface area contributed by atoms with Crippen LogP contribution < -0.4 is 20.7 Å². The summed E-state index contributed by atoms with van der Waals surface area (Å²) >= 11 is 0.715. The van der Waals surface area contributed by atoms with Crippen molar-refractivity contribution in [3.05, 3.63) is 83.9 Å². The summed E-state index contributed by atoms with van der Waals surface area (Å²) in [5.74, 6) is 0.582. The van der Waals surface area contributed by atoms with Crippen molar-refractivity contribution in [2.75, 3.05) is 30.5 Å². The van der Waals surface area contributed by atoms with E-state index in [-0.39, 0.29) is 16.3 Å². The number of hydrogen-bond acceptors (Lipinski definition) is 7. The first-order valence-electron chi connectivity index (χ1n) is 11.2. The summed E-state index contributed by atoms with van der Waals surface area (Å²) in [6.45, 7) is 1.12. The highest BCUT2D eigenvalue weighted by atomic mass is 32.2. The Labute approximate surface area is 207 Å². The molecular formula is C26H24N4O4S. The number of amides is 2. The largest absolute Gasteiger partial charge is 0.492 e. The Kier molecular flexibility index (Phi) is 6.33. The van der Waals surface area contributed by atoms with Crippen LogP contribution in [0.2, 0.25) is 0 Å². The molecule has 9 heteroatoms. The number of carbonyl (C=O) groups is 3. The van der Waals surface area contributed by atoms with Gasteiger partial charge in [0.1, 0.15) is 18.4 Å². The molecule has 3 aromatic rings. The van der Waals surface area contributed by atoms with Gasteiger partial charge in [0.15, 0.2) is 0 Å². The fourth-order valence-electron chi connectivity index (χ4n) is 4.20. The Hall–Kier alpha value is -3.98. The van der Waals surface area contributed by atoms with Gasteiger partial charge in [-0.1, -0.05) is 30.3 Å². The van der Waals surface area contributed by atoms with Crippen LogP contribution in [0.1, 0.15) is 15.9 Å². The van der Waals surface area contributed by atoms with Gasteiger partial charge in [0, 0.05) is 29.6 Å². The fraction of sp³-hybridized carbons (Fsp3) is 0.192. The lowest BCUT2D eigenvalue weighted by atomic mass is 10.1. The fourth-order valence-corrected chi connectivity index (χ4v) is 4.87. The van der Waals surface area contributed by atoms with Crippen LogP contribution in [0.25, 0.3) is 0 Å². The van der Waals surface area contributed by atoms with Crippen molar-refractivity contribution >= 4 is 45.1 Å². The molecule has 1 fully saturated rings. The van der Waals surface area contributed by atoms with Crippen molar-refractivity contribution in [2.45, 2.75) is 12.5 Å². The molecule has 2 aliphatic rings. The molecular weight excluding hydrogens is 464 g/mol. The quantitative estimate of drug-likeness (QED) is 0.488. The number of fused-ring (bicyclic) bond motifs is 1. The van der Waals surface area contributed by atoms with Crippen molar-refractivity contribution < 1.29 is 19.1 Å². The van der Waals surface area contributed by atoms with E-state index in [1.165, 1.54) is 0 Å². The van der Waals surface area contributed by atoms with Crippen molar-refractivity contribution in [2.24, 2.45) is 0 Å². The molecule has 3 N–H and O–H groups in total. The SMILES string of the molecule is Nc1ccc2c(c1)C(=O)N(CCOc1ccc(CC3NC(=O)SC3=O)cc1)CN2c1ccccc1. The average molecular weight is 489 g/mol. The van der Waals surface area contributed by atoms with Crippen molar-refractivity contribution in [3.8, 4) is 5.75 Å².